The Balaban J connectivity index is 1.49. The van der Waals surface area contributed by atoms with E-state index in [1.54, 1.807) is 6.20 Å². The molecule has 6 heteroatoms. The van der Waals surface area contributed by atoms with Gasteiger partial charge in [0.05, 0.1) is 23.5 Å². The number of aromatic nitrogens is 4. The second kappa shape index (κ2) is 6.95. The summed E-state index contributed by atoms with van der Waals surface area (Å²) < 4.78 is 8.23. The van der Waals surface area contributed by atoms with E-state index in [2.05, 4.69) is 74.4 Å². The largest absolute Gasteiger partial charge is 0.493 e. The number of anilines is 1. The average molecular weight is 405 g/mol. The van der Waals surface area contributed by atoms with Crippen molar-refractivity contribution in [1.29, 1.82) is 0 Å². The Morgan fingerprint density at radius 1 is 0.935 bits per heavy atom. The zero-order chi connectivity index (χ0) is 20.8. The lowest BCUT2D eigenvalue weighted by Crippen LogP contribution is -2.01. The van der Waals surface area contributed by atoms with Crippen molar-refractivity contribution in [2.45, 2.75) is 6.42 Å². The maximum Gasteiger partial charge on any atom is 0.220 e. The SMILES string of the molecule is Nc1ncc2c(n1)-c1ccc(-c3ccccc3-n3cc4cccnc4c3)cc1OCC2. The van der Waals surface area contributed by atoms with Gasteiger partial charge >= 0.3 is 0 Å². The molecule has 6 nitrogen and oxygen atoms in total. The Morgan fingerprint density at radius 2 is 1.87 bits per heavy atom. The molecule has 0 saturated carbocycles. The van der Waals surface area contributed by atoms with E-state index < -0.39 is 0 Å². The number of hydrogen-bond acceptors (Lipinski definition) is 5. The van der Waals surface area contributed by atoms with Crippen LogP contribution in [0.5, 0.6) is 5.75 Å². The van der Waals surface area contributed by atoms with Crippen molar-refractivity contribution >= 4 is 16.9 Å². The first-order valence-corrected chi connectivity index (χ1v) is 10.2. The molecular weight excluding hydrogens is 386 g/mol. The summed E-state index contributed by atoms with van der Waals surface area (Å²) in [6.07, 6.45) is 8.53. The van der Waals surface area contributed by atoms with Gasteiger partial charge < -0.3 is 15.0 Å². The van der Waals surface area contributed by atoms with Gasteiger partial charge in [-0.25, -0.2) is 9.97 Å². The van der Waals surface area contributed by atoms with Gasteiger partial charge in [0.15, 0.2) is 0 Å². The lowest BCUT2D eigenvalue weighted by Gasteiger charge is -2.14. The lowest BCUT2D eigenvalue weighted by molar-refractivity contribution is 0.326. The fourth-order valence-corrected chi connectivity index (χ4v) is 4.16. The van der Waals surface area contributed by atoms with Crippen LogP contribution in [0.1, 0.15) is 5.56 Å². The topological polar surface area (TPSA) is 78.9 Å². The Bertz CT molecular complexity index is 1410. The van der Waals surface area contributed by atoms with Crippen molar-refractivity contribution in [1.82, 2.24) is 19.5 Å². The number of para-hydroxylation sites is 1. The number of nitrogens with two attached hydrogens (primary N) is 1. The van der Waals surface area contributed by atoms with Crippen LogP contribution >= 0.6 is 0 Å². The summed E-state index contributed by atoms with van der Waals surface area (Å²) in [7, 11) is 0. The molecule has 0 spiro atoms. The van der Waals surface area contributed by atoms with E-state index in [0.717, 1.165) is 56.7 Å². The van der Waals surface area contributed by atoms with Crippen LogP contribution in [0.2, 0.25) is 0 Å². The number of hydrogen-bond donors (Lipinski definition) is 1. The van der Waals surface area contributed by atoms with Crippen molar-refractivity contribution in [2.75, 3.05) is 12.3 Å². The third-order valence-electron chi connectivity index (χ3n) is 5.65. The Labute approximate surface area is 179 Å². The highest BCUT2D eigenvalue weighted by molar-refractivity contribution is 5.83. The standard InChI is InChI=1S/C25H19N5O/c26-25-28-13-17-9-11-31-23-12-16(7-8-20(23)24(17)29-25)19-5-1-2-6-22(19)30-14-18-4-3-10-27-21(18)15-30/h1-8,10,12-15H,9,11H2,(H2,26,28,29). The highest BCUT2D eigenvalue weighted by Gasteiger charge is 2.19. The third-order valence-corrected chi connectivity index (χ3v) is 5.65. The minimum atomic E-state index is 0.273. The third kappa shape index (κ3) is 3.00. The molecular formula is C25H19N5O. The maximum absolute atomic E-state index is 6.10. The number of benzene rings is 2. The van der Waals surface area contributed by atoms with Gasteiger partial charge in [-0.15, -0.1) is 0 Å². The van der Waals surface area contributed by atoms with Crippen molar-refractivity contribution in [3.63, 3.8) is 0 Å². The Kier molecular flexibility index (Phi) is 3.96. The summed E-state index contributed by atoms with van der Waals surface area (Å²) in [5.74, 6) is 1.08. The van der Waals surface area contributed by atoms with Crippen LogP contribution in [-0.2, 0) is 6.42 Å². The summed E-state index contributed by atoms with van der Waals surface area (Å²) in [5.41, 5.74) is 12.9. The first kappa shape index (κ1) is 17.7. The molecule has 5 aromatic rings. The van der Waals surface area contributed by atoms with E-state index in [4.69, 9.17) is 10.5 Å². The molecule has 0 unspecified atom stereocenters. The molecule has 0 bridgehead atoms. The molecule has 4 heterocycles. The minimum absolute atomic E-state index is 0.273. The van der Waals surface area contributed by atoms with Gasteiger partial charge in [-0.05, 0) is 35.9 Å². The summed E-state index contributed by atoms with van der Waals surface area (Å²) in [6, 6.07) is 18.6. The molecule has 150 valence electrons. The van der Waals surface area contributed by atoms with Crippen LogP contribution in [0.4, 0.5) is 5.95 Å². The molecule has 0 amide bonds. The lowest BCUT2D eigenvalue weighted by atomic mass is 9.99. The van der Waals surface area contributed by atoms with E-state index in [1.807, 2.05) is 18.3 Å². The molecule has 31 heavy (non-hydrogen) atoms. The minimum Gasteiger partial charge on any atom is -0.493 e. The smallest absolute Gasteiger partial charge is 0.220 e. The predicted molar refractivity (Wildman–Crippen MR) is 121 cm³/mol. The summed E-state index contributed by atoms with van der Waals surface area (Å²) in [5, 5.41) is 1.11. The fraction of sp³-hybridized carbons (Fsp3) is 0.0800. The number of rotatable bonds is 2. The highest BCUT2D eigenvalue weighted by Crippen LogP contribution is 2.38. The van der Waals surface area contributed by atoms with E-state index in [-0.39, 0.29) is 5.95 Å². The van der Waals surface area contributed by atoms with Gasteiger partial charge in [0.1, 0.15) is 5.75 Å². The molecule has 1 aliphatic heterocycles. The fourth-order valence-electron chi connectivity index (χ4n) is 4.16. The first-order valence-electron chi connectivity index (χ1n) is 10.2. The number of ether oxygens (including phenoxy) is 1. The monoisotopic (exact) mass is 405 g/mol. The number of nitrogens with zero attached hydrogens (tertiary/aromatic N) is 4. The second-order valence-corrected chi connectivity index (χ2v) is 7.57. The number of pyridine rings is 1. The summed E-state index contributed by atoms with van der Waals surface area (Å²) in [4.78, 5) is 13.1. The van der Waals surface area contributed by atoms with Crippen molar-refractivity contribution < 1.29 is 4.74 Å². The van der Waals surface area contributed by atoms with Crippen LogP contribution in [0.3, 0.4) is 0 Å². The Morgan fingerprint density at radius 3 is 2.81 bits per heavy atom. The molecule has 1 aliphatic rings. The Hall–Kier alpha value is -4.19. The van der Waals surface area contributed by atoms with Crippen LogP contribution < -0.4 is 10.5 Å². The molecule has 0 aliphatic carbocycles. The summed E-state index contributed by atoms with van der Waals surface area (Å²) in [6.45, 7) is 0.576. The maximum atomic E-state index is 6.10. The van der Waals surface area contributed by atoms with Gasteiger partial charge in [0, 0.05) is 53.3 Å². The molecule has 2 N–H and O–H groups in total. The average Bonchev–Trinajstić information content (AvgIpc) is 3.16. The van der Waals surface area contributed by atoms with Crippen molar-refractivity contribution in [3.8, 4) is 33.8 Å². The first-order chi connectivity index (χ1) is 15.3. The second-order valence-electron chi connectivity index (χ2n) is 7.57. The quantitative estimate of drug-likeness (QED) is 0.462. The van der Waals surface area contributed by atoms with Crippen LogP contribution in [0, 0.1) is 0 Å². The van der Waals surface area contributed by atoms with Crippen LogP contribution in [0.15, 0.2) is 79.4 Å². The van der Waals surface area contributed by atoms with Gasteiger partial charge in [0.2, 0.25) is 5.95 Å². The highest BCUT2D eigenvalue weighted by atomic mass is 16.5. The van der Waals surface area contributed by atoms with Gasteiger partial charge in [-0.3, -0.25) is 4.98 Å². The number of fused-ring (bicyclic) bond motifs is 4. The molecule has 2 aromatic carbocycles. The van der Waals surface area contributed by atoms with Crippen molar-refractivity contribution in [3.05, 3.63) is 84.9 Å². The van der Waals surface area contributed by atoms with E-state index >= 15 is 0 Å². The van der Waals surface area contributed by atoms with Gasteiger partial charge in [0.25, 0.3) is 0 Å². The van der Waals surface area contributed by atoms with Gasteiger partial charge in [-0.1, -0.05) is 24.3 Å². The molecule has 0 fully saturated rings. The van der Waals surface area contributed by atoms with Gasteiger partial charge in [-0.2, -0.15) is 0 Å². The molecule has 0 saturated heterocycles. The van der Waals surface area contributed by atoms with Crippen LogP contribution in [0.25, 0.3) is 39.0 Å². The molecule has 0 radical (unpaired) electrons. The molecule has 3 aromatic heterocycles. The van der Waals surface area contributed by atoms with E-state index in [0.29, 0.717) is 6.61 Å². The zero-order valence-electron chi connectivity index (χ0n) is 16.7. The van der Waals surface area contributed by atoms with E-state index in [1.165, 1.54) is 0 Å². The predicted octanol–water partition coefficient (Wildman–Crippen LogP) is 4.67. The molecule has 6 rings (SSSR count). The summed E-state index contributed by atoms with van der Waals surface area (Å²) >= 11 is 0. The zero-order valence-corrected chi connectivity index (χ0v) is 16.7. The van der Waals surface area contributed by atoms with E-state index in [9.17, 15) is 0 Å². The van der Waals surface area contributed by atoms with Crippen LogP contribution in [-0.4, -0.2) is 26.1 Å². The normalized spacial score (nSPS) is 12.6. The number of nitrogen functional groups attached to an aromatic ring is 1. The molecule has 0 atom stereocenters. The van der Waals surface area contributed by atoms with Crippen molar-refractivity contribution in [2.24, 2.45) is 0 Å².